The van der Waals surface area contributed by atoms with Gasteiger partial charge in [-0.15, -0.1) is 0 Å². The number of nitrogens with zero attached hydrogens (tertiary/aromatic N) is 1. The Bertz CT molecular complexity index is 692. The van der Waals surface area contributed by atoms with Crippen molar-refractivity contribution in [3.05, 3.63) is 66.4 Å². The molecule has 0 aliphatic carbocycles. The number of pyridine rings is 1. The van der Waals surface area contributed by atoms with Crippen molar-refractivity contribution in [1.82, 2.24) is 4.98 Å². The minimum absolute atomic E-state index is 0.539. The molecule has 2 aromatic carbocycles. The molecule has 0 aliphatic heterocycles. The average molecular weight is 250 g/mol. The van der Waals surface area contributed by atoms with Gasteiger partial charge in [0.15, 0.2) is 0 Å². The van der Waals surface area contributed by atoms with E-state index in [0.717, 1.165) is 28.0 Å². The van der Waals surface area contributed by atoms with Crippen LogP contribution in [-0.4, -0.2) is 4.98 Å². The molecule has 0 saturated heterocycles. The number of para-hydroxylation sites is 1. The van der Waals surface area contributed by atoms with Crippen molar-refractivity contribution in [2.45, 2.75) is 6.54 Å². The van der Waals surface area contributed by atoms with E-state index in [9.17, 15) is 0 Å². The zero-order chi connectivity index (χ0) is 13.1. The van der Waals surface area contributed by atoms with Gasteiger partial charge in [-0.1, -0.05) is 30.3 Å². The molecule has 0 saturated carbocycles. The molecule has 19 heavy (non-hydrogen) atoms. The monoisotopic (exact) mass is 250 g/mol. The summed E-state index contributed by atoms with van der Waals surface area (Å²) in [7, 11) is 0. The fourth-order valence-electron chi connectivity index (χ4n) is 1.94. The SMILES string of the molecule is NCc1ccc(Oc2cnc3ccccc3c2)cc1. The summed E-state index contributed by atoms with van der Waals surface area (Å²) in [5.41, 5.74) is 7.62. The van der Waals surface area contributed by atoms with E-state index >= 15 is 0 Å². The predicted octanol–water partition coefficient (Wildman–Crippen LogP) is 3.49. The second kappa shape index (κ2) is 5.08. The number of benzene rings is 2. The van der Waals surface area contributed by atoms with Crippen LogP contribution >= 0.6 is 0 Å². The molecule has 0 aliphatic rings. The summed E-state index contributed by atoms with van der Waals surface area (Å²) < 4.78 is 5.78. The van der Waals surface area contributed by atoms with E-state index in [4.69, 9.17) is 10.5 Å². The Labute approximate surface area is 111 Å². The molecule has 0 fully saturated rings. The van der Waals surface area contributed by atoms with Crippen molar-refractivity contribution in [3.8, 4) is 11.5 Å². The van der Waals surface area contributed by atoms with Gasteiger partial charge in [-0.25, -0.2) is 0 Å². The fourth-order valence-corrected chi connectivity index (χ4v) is 1.94. The van der Waals surface area contributed by atoms with Crippen LogP contribution in [0.15, 0.2) is 60.8 Å². The van der Waals surface area contributed by atoms with Crippen LogP contribution in [0.4, 0.5) is 0 Å². The van der Waals surface area contributed by atoms with Gasteiger partial charge in [-0.05, 0) is 29.8 Å². The molecule has 3 nitrogen and oxygen atoms in total. The van der Waals surface area contributed by atoms with E-state index < -0.39 is 0 Å². The highest BCUT2D eigenvalue weighted by atomic mass is 16.5. The number of rotatable bonds is 3. The van der Waals surface area contributed by atoms with E-state index in [-0.39, 0.29) is 0 Å². The Morgan fingerprint density at radius 1 is 0.947 bits per heavy atom. The van der Waals surface area contributed by atoms with Gasteiger partial charge in [0, 0.05) is 11.9 Å². The second-order valence-corrected chi connectivity index (χ2v) is 4.31. The maximum Gasteiger partial charge on any atom is 0.146 e. The molecule has 3 heteroatoms. The van der Waals surface area contributed by atoms with Crippen LogP contribution in [0.25, 0.3) is 10.9 Å². The lowest BCUT2D eigenvalue weighted by molar-refractivity contribution is 0.481. The summed E-state index contributed by atoms with van der Waals surface area (Å²) in [6, 6.07) is 17.7. The molecule has 0 unspecified atom stereocenters. The minimum atomic E-state index is 0.539. The number of aromatic nitrogens is 1. The Hall–Kier alpha value is -2.39. The summed E-state index contributed by atoms with van der Waals surface area (Å²) in [5, 5.41) is 1.07. The highest BCUT2D eigenvalue weighted by Gasteiger charge is 2.00. The lowest BCUT2D eigenvalue weighted by atomic mass is 10.2. The second-order valence-electron chi connectivity index (χ2n) is 4.31. The van der Waals surface area contributed by atoms with Crippen molar-refractivity contribution in [2.75, 3.05) is 0 Å². The smallest absolute Gasteiger partial charge is 0.146 e. The maximum atomic E-state index is 5.78. The molecule has 2 N–H and O–H groups in total. The Balaban J connectivity index is 1.87. The fraction of sp³-hybridized carbons (Fsp3) is 0.0625. The minimum Gasteiger partial charge on any atom is -0.456 e. The van der Waals surface area contributed by atoms with Crippen LogP contribution in [0.2, 0.25) is 0 Å². The average Bonchev–Trinajstić information content (AvgIpc) is 2.48. The van der Waals surface area contributed by atoms with E-state index in [1.165, 1.54) is 0 Å². The van der Waals surface area contributed by atoms with Gasteiger partial charge in [-0.3, -0.25) is 4.98 Å². The van der Waals surface area contributed by atoms with E-state index in [1.807, 2.05) is 54.6 Å². The van der Waals surface area contributed by atoms with Crippen molar-refractivity contribution in [1.29, 1.82) is 0 Å². The van der Waals surface area contributed by atoms with Gasteiger partial charge < -0.3 is 10.5 Å². The van der Waals surface area contributed by atoms with Crippen molar-refractivity contribution in [2.24, 2.45) is 5.73 Å². The molecule has 0 atom stereocenters. The van der Waals surface area contributed by atoms with Crippen molar-refractivity contribution in [3.63, 3.8) is 0 Å². The maximum absolute atomic E-state index is 5.78. The molecule has 1 heterocycles. The van der Waals surface area contributed by atoms with E-state index in [1.54, 1.807) is 6.20 Å². The quantitative estimate of drug-likeness (QED) is 0.774. The van der Waals surface area contributed by atoms with Crippen LogP contribution in [-0.2, 0) is 6.54 Å². The predicted molar refractivity (Wildman–Crippen MR) is 76.2 cm³/mol. The molecular formula is C16H14N2O. The molecule has 1 aromatic heterocycles. The molecule has 0 radical (unpaired) electrons. The number of hydrogen-bond donors (Lipinski definition) is 1. The van der Waals surface area contributed by atoms with Gasteiger partial charge in [0.25, 0.3) is 0 Å². The third kappa shape index (κ3) is 2.56. The summed E-state index contributed by atoms with van der Waals surface area (Å²) in [6.45, 7) is 0.539. The Morgan fingerprint density at radius 2 is 1.74 bits per heavy atom. The van der Waals surface area contributed by atoms with Crippen molar-refractivity contribution >= 4 is 10.9 Å². The largest absolute Gasteiger partial charge is 0.456 e. The first-order valence-corrected chi connectivity index (χ1v) is 6.17. The van der Waals surface area contributed by atoms with Crippen LogP contribution in [0.1, 0.15) is 5.56 Å². The number of hydrogen-bond acceptors (Lipinski definition) is 3. The molecule has 3 aromatic rings. The van der Waals surface area contributed by atoms with Crippen LogP contribution in [0.3, 0.4) is 0 Å². The van der Waals surface area contributed by atoms with E-state index in [0.29, 0.717) is 6.54 Å². The highest BCUT2D eigenvalue weighted by molar-refractivity contribution is 5.79. The first kappa shape index (κ1) is 11.7. The zero-order valence-corrected chi connectivity index (χ0v) is 10.4. The standard InChI is InChI=1S/C16H14N2O/c17-10-12-5-7-14(8-6-12)19-15-9-13-3-1-2-4-16(13)18-11-15/h1-9,11H,10,17H2. The third-order valence-corrected chi connectivity index (χ3v) is 2.96. The van der Waals surface area contributed by atoms with Gasteiger partial charge in [0.2, 0.25) is 0 Å². The zero-order valence-electron chi connectivity index (χ0n) is 10.4. The lowest BCUT2D eigenvalue weighted by Crippen LogP contribution is -1.95. The Morgan fingerprint density at radius 3 is 2.53 bits per heavy atom. The summed E-state index contributed by atoms with van der Waals surface area (Å²) >= 11 is 0. The normalized spacial score (nSPS) is 10.6. The molecular weight excluding hydrogens is 236 g/mol. The van der Waals surface area contributed by atoms with Crippen LogP contribution in [0.5, 0.6) is 11.5 Å². The van der Waals surface area contributed by atoms with Crippen LogP contribution < -0.4 is 10.5 Å². The summed E-state index contributed by atoms with van der Waals surface area (Å²) in [5.74, 6) is 1.52. The Kier molecular flexibility index (Phi) is 3.12. The van der Waals surface area contributed by atoms with Gasteiger partial charge in [0.1, 0.15) is 11.5 Å². The van der Waals surface area contributed by atoms with Crippen molar-refractivity contribution < 1.29 is 4.74 Å². The first-order chi connectivity index (χ1) is 9.35. The molecule has 0 spiro atoms. The van der Waals surface area contributed by atoms with E-state index in [2.05, 4.69) is 4.98 Å². The van der Waals surface area contributed by atoms with Crippen LogP contribution in [0, 0.1) is 0 Å². The van der Waals surface area contributed by atoms with Gasteiger partial charge >= 0.3 is 0 Å². The molecule has 0 bridgehead atoms. The number of ether oxygens (including phenoxy) is 1. The topological polar surface area (TPSA) is 48.1 Å². The molecule has 0 amide bonds. The lowest BCUT2D eigenvalue weighted by Gasteiger charge is -2.07. The molecule has 3 rings (SSSR count). The number of fused-ring (bicyclic) bond motifs is 1. The third-order valence-electron chi connectivity index (χ3n) is 2.96. The summed E-state index contributed by atoms with van der Waals surface area (Å²) in [6.07, 6.45) is 1.74. The summed E-state index contributed by atoms with van der Waals surface area (Å²) in [4.78, 5) is 4.37. The highest BCUT2D eigenvalue weighted by Crippen LogP contribution is 2.24. The first-order valence-electron chi connectivity index (χ1n) is 6.17. The van der Waals surface area contributed by atoms with Gasteiger partial charge in [0.05, 0.1) is 11.7 Å². The van der Waals surface area contributed by atoms with Gasteiger partial charge in [-0.2, -0.15) is 0 Å². The molecule has 94 valence electrons. The number of nitrogens with two attached hydrogens (primary N) is 1.